The lowest BCUT2D eigenvalue weighted by Gasteiger charge is -2.46. The van der Waals surface area contributed by atoms with Gasteiger partial charge in [0.2, 0.25) is 0 Å². The average Bonchev–Trinajstić information content (AvgIpc) is 3.35. The summed E-state index contributed by atoms with van der Waals surface area (Å²) < 4.78 is 7.70. The van der Waals surface area contributed by atoms with Gasteiger partial charge in [0.25, 0.3) is 5.91 Å². The Labute approximate surface area is 186 Å². The Balaban J connectivity index is 1.27. The van der Waals surface area contributed by atoms with Crippen LogP contribution >= 0.6 is 0 Å². The molecule has 1 saturated heterocycles. The number of anilines is 1. The van der Waals surface area contributed by atoms with Gasteiger partial charge in [-0.2, -0.15) is 0 Å². The number of ether oxygens (including phenoxy) is 1. The van der Waals surface area contributed by atoms with E-state index in [2.05, 4.69) is 45.3 Å². The summed E-state index contributed by atoms with van der Waals surface area (Å²) in [6.07, 6.45) is 3.76. The van der Waals surface area contributed by atoms with Crippen LogP contribution in [0.5, 0.6) is 5.75 Å². The van der Waals surface area contributed by atoms with Gasteiger partial charge in [0, 0.05) is 36.4 Å². The fraction of sp³-hybridized carbons (Fsp3) is 0.231. The van der Waals surface area contributed by atoms with Crippen molar-refractivity contribution in [1.82, 2.24) is 14.5 Å². The molecule has 1 spiro atoms. The van der Waals surface area contributed by atoms with Gasteiger partial charge in [-0.1, -0.05) is 24.3 Å². The summed E-state index contributed by atoms with van der Waals surface area (Å²) in [6.45, 7) is 1.34. The van der Waals surface area contributed by atoms with Crippen molar-refractivity contribution in [3.63, 3.8) is 0 Å². The number of nitrogens with one attached hydrogen (secondary N) is 1. The molecular weight excluding hydrogens is 400 g/mol. The molecule has 2 aromatic heterocycles. The normalized spacial score (nSPS) is 16.3. The van der Waals surface area contributed by atoms with Crippen molar-refractivity contribution in [2.45, 2.75) is 18.4 Å². The molecule has 1 fully saturated rings. The highest BCUT2D eigenvalue weighted by atomic mass is 16.5. The van der Waals surface area contributed by atoms with Gasteiger partial charge >= 0.3 is 0 Å². The molecule has 1 amide bonds. The van der Waals surface area contributed by atoms with Crippen LogP contribution in [0.2, 0.25) is 0 Å². The van der Waals surface area contributed by atoms with Crippen molar-refractivity contribution in [2.24, 2.45) is 0 Å². The molecule has 0 radical (unpaired) electrons. The summed E-state index contributed by atoms with van der Waals surface area (Å²) >= 11 is 0. The Morgan fingerprint density at radius 2 is 1.88 bits per heavy atom. The summed E-state index contributed by atoms with van der Waals surface area (Å²) in [5, 5.41) is 4.84. The lowest BCUT2D eigenvalue weighted by atomic mass is 9.82. The predicted octanol–water partition coefficient (Wildman–Crippen LogP) is 4.59. The fourth-order valence-corrected chi connectivity index (χ4v) is 5.07. The monoisotopic (exact) mass is 424 g/mol. The minimum atomic E-state index is -0.212. The van der Waals surface area contributed by atoms with E-state index in [1.807, 2.05) is 47.4 Å². The Hall–Kier alpha value is -3.80. The van der Waals surface area contributed by atoms with E-state index in [0.717, 1.165) is 40.9 Å². The Morgan fingerprint density at radius 3 is 2.72 bits per heavy atom. The number of para-hydroxylation sites is 1. The van der Waals surface area contributed by atoms with E-state index in [1.165, 1.54) is 5.69 Å². The number of aromatic nitrogens is 2. The Kier molecular flexibility index (Phi) is 4.21. The predicted molar refractivity (Wildman–Crippen MR) is 125 cm³/mol. The zero-order valence-corrected chi connectivity index (χ0v) is 17.9. The first kappa shape index (κ1) is 18.9. The SMILES string of the molecule is COc1ccc2c(c1)NC1(CCN(C(=O)c3ccc4ccccc4n3)CC1)c1cccn1-2. The minimum Gasteiger partial charge on any atom is -0.497 e. The largest absolute Gasteiger partial charge is 0.497 e. The number of fused-ring (bicyclic) bond motifs is 5. The molecule has 2 aromatic carbocycles. The van der Waals surface area contributed by atoms with Gasteiger partial charge in [0.1, 0.15) is 11.4 Å². The van der Waals surface area contributed by atoms with Gasteiger partial charge in [-0.3, -0.25) is 4.79 Å². The van der Waals surface area contributed by atoms with Crippen molar-refractivity contribution >= 4 is 22.5 Å². The first-order chi connectivity index (χ1) is 15.7. The zero-order valence-electron chi connectivity index (χ0n) is 17.9. The van der Waals surface area contributed by atoms with E-state index in [4.69, 9.17) is 4.74 Å². The van der Waals surface area contributed by atoms with Crippen molar-refractivity contribution in [3.05, 3.63) is 84.3 Å². The van der Waals surface area contributed by atoms with Crippen LogP contribution < -0.4 is 10.1 Å². The van der Waals surface area contributed by atoms with E-state index in [-0.39, 0.29) is 11.4 Å². The number of hydrogen-bond acceptors (Lipinski definition) is 4. The second-order valence-electron chi connectivity index (χ2n) is 8.54. The number of likely N-dealkylation sites (tertiary alicyclic amines) is 1. The lowest BCUT2D eigenvalue weighted by Crippen LogP contribution is -2.51. The van der Waals surface area contributed by atoms with E-state index in [0.29, 0.717) is 18.8 Å². The van der Waals surface area contributed by atoms with Crippen molar-refractivity contribution in [1.29, 1.82) is 0 Å². The molecule has 4 heterocycles. The van der Waals surface area contributed by atoms with Crippen LogP contribution in [0.4, 0.5) is 5.69 Å². The molecule has 0 atom stereocenters. The van der Waals surface area contributed by atoms with Crippen LogP contribution in [-0.2, 0) is 5.54 Å². The average molecular weight is 425 g/mol. The Morgan fingerprint density at radius 1 is 1.03 bits per heavy atom. The molecule has 160 valence electrons. The smallest absolute Gasteiger partial charge is 0.272 e. The first-order valence-electron chi connectivity index (χ1n) is 11.0. The summed E-state index contributed by atoms with van der Waals surface area (Å²) in [5.74, 6) is 0.830. The third kappa shape index (κ3) is 2.87. The Bertz CT molecular complexity index is 1330. The van der Waals surface area contributed by atoms with Gasteiger partial charge in [-0.05, 0) is 49.2 Å². The number of rotatable bonds is 2. The molecule has 2 aliphatic heterocycles. The van der Waals surface area contributed by atoms with Crippen LogP contribution in [0, 0.1) is 0 Å². The van der Waals surface area contributed by atoms with Crippen molar-refractivity contribution in [3.8, 4) is 11.4 Å². The molecule has 0 bridgehead atoms. The van der Waals surface area contributed by atoms with Gasteiger partial charge in [-0.15, -0.1) is 0 Å². The van der Waals surface area contributed by atoms with Gasteiger partial charge in [0.05, 0.1) is 29.5 Å². The number of hydrogen-bond donors (Lipinski definition) is 1. The van der Waals surface area contributed by atoms with E-state index < -0.39 is 0 Å². The molecule has 1 N–H and O–H groups in total. The number of carbonyl (C=O) groups is 1. The van der Waals surface area contributed by atoms with Crippen LogP contribution in [0.1, 0.15) is 29.0 Å². The van der Waals surface area contributed by atoms with Crippen LogP contribution in [0.25, 0.3) is 16.6 Å². The van der Waals surface area contributed by atoms with Gasteiger partial charge in [0.15, 0.2) is 0 Å². The minimum absolute atomic E-state index is 0.00105. The second kappa shape index (κ2) is 7.12. The number of pyridine rings is 1. The maximum absolute atomic E-state index is 13.2. The highest BCUT2D eigenvalue weighted by Crippen LogP contribution is 2.44. The standard InChI is InChI=1S/C26H24N4O2/c1-32-19-9-11-23-22(17-19)28-26(24-7-4-14-30(23)24)12-15-29(16-13-26)25(31)21-10-8-18-5-2-3-6-20(18)27-21/h2-11,14,17,28H,12-13,15-16H2,1H3. The summed E-state index contributed by atoms with van der Waals surface area (Å²) in [7, 11) is 1.69. The molecule has 32 heavy (non-hydrogen) atoms. The molecular formula is C26H24N4O2. The third-order valence-corrected chi connectivity index (χ3v) is 6.80. The molecule has 2 aliphatic rings. The summed E-state index contributed by atoms with van der Waals surface area (Å²) in [6, 6.07) is 22.1. The molecule has 0 unspecified atom stereocenters. The number of piperidine rings is 1. The maximum atomic E-state index is 13.2. The van der Waals surface area contributed by atoms with Crippen LogP contribution in [0.3, 0.4) is 0 Å². The number of nitrogens with zero attached hydrogens (tertiary/aromatic N) is 3. The summed E-state index contributed by atoms with van der Waals surface area (Å²) in [5.41, 5.74) is 4.57. The molecule has 0 saturated carbocycles. The quantitative estimate of drug-likeness (QED) is 0.511. The first-order valence-corrected chi connectivity index (χ1v) is 11.0. The molecule has 6 heteroatoms. The molecule has 6 rings (SSSR count). The van der Waals surface area contributed by atoms with E-state index in [1.54, 1.807) is 7.11 Å². The van der Waals surface area contributed by atoms with Crippen LogP contribution in [-0.4, -0.2) is 40.6 Å². The molecule has 0 aliphatic carbocycles. The topological polar surface area (TPSA) is 59.4 Å². The maximum Gasteiger partial charge on any atom is 0.272 e. The van der Waals surface area contributed by atoms with Crippen molar-refractivity contribution in [2.75, 3.05) is 25.5 Å². The van der Waals surface area contributed by atoms with Crippen LogP contribution in [0.15, 0.2) is 72.9 Å². The number of benzene rings is 2. The number of carbonyl (C=O) groups excluding carboxylic acids is 1. The van der Waals surface area contributed by atoms with E-state index >= 15 is 0 Å². The van der Waals surface area contributed by atoms with Gasteiger partial charge < -0.3 is 19.5 Å². The number of methoxy groups -OCH3 is 1. The highest BCUT2D eigenvalue weighted by molar-refractivity contribution is 5.95. The second-order valence-corrected chi connectivity index (χ2v) is 8.54. The number of amides is 1. The fourth-order valence-electron chi connectivity index (χ4n) is 5.07. The summed E-state index contributed by atoms with van der Waals surface area (Å²) in [4.78, 5) is 19.7. The third-order valence-electron chi connectivity index (χ3n) is 6.80. The van der Waals surface area contributed by atoms with Gasteiger partial charge in [-0.25, -0.2) is 4.98 Å². The van der Waals surface area contributed by atoms with E-state index in [9.17, 15) is 4.79 Å². The van der Waals surface area contributed by atoms with Crippen molar-refractivity contribution < 1.29 is 9.53 Å². The zero-order chi connectivity index (χ0) is 21.7. The molecule has 4 aromatic rings. The lowest BCUT2D eigenvalue weighted by molar-refractivity contribution is 0.0671. The highest BCUT2D eigenvalue weighted by Gasteiger charge is 2.42. The molecule has 6 nitrogen and oxygen atoms in total.